The van der Waals surface area contributed by atoms with Gasteiger partial charge in [-0.3, -0.25) is 9.59 Å². The molecule has 2 aromatic rings. The average molecular weight is 369 g/mol. The monoisotopic (exact) mass is 369 g/mol. The largest absolute Gasteiger partial charge is 0.494 e. The molecule has 5 nitrogen and oxygen atoms in total. The zero-order valence-corrected chi connectivity index (χ0v) is 15.9. The van der Waals surface area contributed by atoms with Gasteiger partial charge in [0.25, 0.3) is 5.91 Å². The highest BCUT2D eigenvalue weighted by Crippen LogP contribution is 2.20. The fraction of sp³-hybridized carbons (Fsp3) is 0.364. The molecule has 1 N–H and O–H groups in total. The van der Waals surface area contributed by atoms with Gasteiger partial charge < -0.3 is 14.8 Å². The van der Waals surface area contributed by atoms with Crippen LogP contribution < -0.4 is 10.1 Å². The molecule has 0 aliphatic heterocycles. The van der Waals surface area contributed by atoms with E-state index < -0.39 is 5.97 Å². The summed E-state index contributed by atoms with van der Waals surface area (Å²) in [6.45, 7) is 4.44. The van der Waals surface area contributed by atoms with Crippen LogP contribution in [0.25, 0.3) is 0 Å². The second kappa shape index (κ2) is 11.0. The Kier molecular flexibility index (Phi) is 8.36. The predicted molar refractivity (Wildman–Crippen MR) is 106 cm³/mol. The number of benzene rings is 2. The van der Waals surface area contributed by atoms with Gasteiger partial charge >= 0.3 is 5.97 Å². The van der Waals surface area contributed by atoms with E-state index in [4.69, 9.17) is 9.47 Å². The second-order valence-electron chi connectivity index (χ2n) is 6.41. The third-order valence-electron chi connectivity index (χ3n) is 4.28. The molecule has 2 aromatic carbocycles. The number of carbonyl (C=O) groups is 2. The molecule has 0 saturated carbocycles. The van der Waals surface area contributed by atoms with Crippen molar-refractivity contribution < 1.29 is 19.1 Å². The van der Waals surface area contributed by atoms with Crippen molar-refractivity contribution in [2.75, 3.05) is 18.5 Å². The van der Waals surface area contributed by atoms with Crippen LogP contribution in [0.15, 0.2) is 54.6 Å². The molecule has 0 radical (unpaired) electrons. The van der Waals surface area contributed by atoms with Crippen molar-refractivity contribution in [2.45, 2.75) is 39.0 Å². The second-order valence-corrected chi connectivity index (χ2v) is 6.41. The first-order chi connectivity index (χ1) is 13.1. The maximum Gasteiger partial charge on any atom is 0.306 e. The van der Waals surface area contributed by atoms with Crippen LogP contribution in [0, 0.1) is 0 Å². The Morgan fingerprint density at radius 1 is 1.04 bits per heavy atom. The molecule has 0 aliphatic carbocycles. The van der Waals surface area contributed by atoms with E-state index in [1.165, 1.54) is 5.56 Å². The number of carbonyl (C=O) groups excluding carboxylic acids is 2. The van der Waals surface area contributed by atoms with Crippen molar-refractivity contribution in [1.82, 2.24) is 0 Å². The van der Waals surface area contributed by atoms with Crippen LogP contribution in [0.1, 0.15) is 44.6 Å². The first kappa shape index (κ1) is 20.5. The molecule has 0 spiro atoms. The summed E-state index contributed by atoms with van der Waals surface area (Å²) in [6, 6.07) is 17.1. The lowest BCUT2D eigenvalue weighted by Gasteiger charge is -2.11. The van der Waals surface area contributed by atoms with E-state index in [0.717, 1.165) is 12.2 Å². The maximum atomic E-state index is 11.9. The lowest BCUT2D eigenvalue weighted by Crippen LogP contribution is -2.21. The summed E-state index contributed by atoms with van der Waals surface area (Å²) < 4.78 is 10.5. The van der Waals surface area contributed by atoms with E-state index in [1.807, 2.05) is 54.6 Å². The van der Waals surface area contributed by atoms with Crippen LogP contribution >= 0.6 is 0 Å². The Balaban J connectivity index is 1.62. The van der Waals surface area contributed by atoms with Gasteiger partial charge in [-0.2, -0.15) is 0 Å². The molecule has 5 heteroatoms. The van der Waals surface area contributed by atoms with Gasteiger partial charge in [-0.25, -0.2) is 0 Å². The molecule has 2 rings (SSSR count). The van der Waals surface area contributed by atoms with Crippen molar-refractivity contribution in [3.8, 4) is 5.75 Å². The molecule has 0 saturated heterocycles. The third-order valence-corrected chi connectivity index (χ3v) is 4.28. The Hall–Kier alpha value is -2.82. The van der Waals surface area contributed by atoms with Gasteiger partial charge in [0.2, 0.25) is 0 Å². The number of nitrogens with one attached hydrogen (secondary N) is 1. The lowest BCUT2D eigenvalue weighted by molar-refractivity contribution is -0.147. The summed E-state index contributed by atoms with van der Waals surface area (Å²) >= 11 is 0. The molecular weight excluding hydrogens is 342 g/mol. The highest BCUT2D eigenvalue weighted by molar-refractivity contribution is 5.92. The minimum atomic E-state index is -0.408. The number of rotatable bonds is 10. The molecule has 0 bridgehead atoms. The minimum absolute atomic E-state index is 0.212. The van der Waals surface area contributed by atoms with Gasteiger partial charge in [0.15, 0.2) is 6.61 Å². The van der Waals surface area contributed by atoms with Gasteiger partial charge in [0.05, 0.1) is 6.61 Å². The Morgan fingerprint density at radius 3 is 2.41 bits per heavy atom. The minimum Gasteiger partial charge on any atom is -0.494 e. The first-order valence-electron chi connectivity index (χ1n) is 9.31. The number of hydrogen-bond acceptors (Lipinski definition) is 4. The van der Waals surface area contributed by atoms with E-state index in [9.17, 15) is 9.59 Å². The maximum absolute atomic E-state index is 11.9. The fourth-order valence-corrected chi connectivity index (χ4v) is 2.47. The SMILES string of the molecule is CC[C@H](C)c1ccc(NC(=O)COC(=O)CCCOc2ccccc2)cc1. The Labute approximate surface area is 160 Å². The van der Waals surface area contributed by atoms with Crippen molar-refractivity contribution in [3.05, 3.63) is 60.2 Å². The van der Waals surface area contributed by atoms with Crippen molar-refractivity contribution in [2.24, 2.45) is 0 Å². The van der Waals surface area contributed by atoms with Crippen LogP contribution in [-0.4, -0.2) is 25.1 Å². The lowest BCUT2D eigenvalue weighted by atomic mass is 9.99. The molecule has 0 aliphatic rings. The van der Waals surface area contributed by atoms with E-state index in [1.54, 1.807) is 0 Å². The van der Waals surface area contributed by atoms with Crippen LogP contribution in [0.3, 0.4) is 0 Å². The molecule has 1 atom stereocenters. The summed E-state index contributed by atoms with van der Waals surface area (Å²) in [7, 11) is 0. The van der Waals surface area contributed by atoms with E-state index in [0.29, 0.717) is 24.6 Å². The van der Waals surface area contributed by atoms with E-state index >= 15 is 0 Å². The number of ether oxygens (including phenoxy) is 2. The van der Waals surface area contributed by atoms with Gasteiger partial charge in [-0.05, 0) is 48.6 Å². The van der Waals surface area contributed by atoms with Crippen LogP contribution in [0.4, 0.5) is 5.69 Å². The molecule has 0 fully saturated rings. The normalized spacial score (nSPS) is 11.5. The number of esters is 1. The number of amides is 1. The molecular formula is C22H27NO4. The first-order valence-corrected chi connectivity index (χ1v) is 9.31. The highest BCUT2D eigenvalue weighted by atomic mass is 16.5. The van der Waals surface area contributed by atoms with Crippen molar-refractivity contribution in [1.29, 1.82) is 0 Å². The van der Waals surface area contributed by atoms with Crippen molar-refractivity contribution in [3.63, 3.8) is 0 Å². The molecule has 1 amide bonds. The van der Waals surface area contributed by atoms with Gasteiger partial charge in [0, 0.05) is 12.1 Å². The number of hydrogen-bond donors (Lipinski definition) is 1. The molecule has 27 heavy (non-hydrogen) atoms. The summed E-state index contributed by atoms with van der Waals surface area (Å²) in [5.74, 6) is 0.500. The number of para-hydroxylation sites is 1. The van der Waals surface area contributed by atoms with Crippen LogP contribution in [0.5, 0.6) is 5.75 Å². The van der Waals surface area contributed by atoms with Crippen molar-refractivity contribution >= 4 is 17.6 Å². The topological polar surface area (TPSA) is 64.6 Å². The van der Waals surface area contributed by atoms with Crippen LogP contribution in [0.2, 0.25) is 0 Å². The predicted octanol–water partition coefficient (Wildman–Crippen LogP) is 4.54. The molecule has 144 valence electrons. The van der Waals surface area contributed by atoms with Crippen LogP contribution in [-0.2, 0) is 14.3 Å². The fourth-order valence-electron chi connectivity index (χ4n) is 2.47. The quantitative estimate of drug-likeness (QED) is 0.493. The summed E-state index contributed by atoms with van der Waals surface area (Å²) in [5, 5.41) is 2.73. The smallest absolute Gasteiger partial charge is 0.306 e. The highest BCUT2D eigenvalue weighted by Gasteiger charge is 2.09. The molecule has 0 heterocycles. The van der Waals surface area contributed by atoms with E-state index in [-0.39, 0.29) is 18.9 Å². The van der Waals surface area contributed by atoms with Gasteiger partial charge in [-0.15, -0.1) is 0 Å². The Bertz CT molecular complexity index is 713. The third kappa shape index (κ3) is 7.52. The standard InChI is InChI=1S/C22H27NO4/c1-3-17(2)18-11-13-19(14-12-18)23-21(24)16-27-22(25)10-7-15-26-20-8-5-4-6-9-20/h4-6,8-9,11-14,17H,3,7,10,15-16H2,1-2H3,(H,23,24)/t17-/m0/s1. The number of anilines is 1. The summed E-state index contributed by atoms with van der Waals surface area (Å²) in [6.07, 6.45) is 1.81. The average Bonchev–Trinajstić information content (AvgIpc) is 2.70. The zero-order valence-electron chi connectivity index (χ0n) is 15.9. The van der Waals surface area contributed by atoms with Gasteiger partial charge in [-0.1, -0.05) is 44.2 Å². The van der Waals surface area contributed by atoms with Gasteiger partial charge in [0.1, 0.15) is 5.75 Å². The summed E-state index contributed by atoms with van der Waals surface area (Å²) in [5.41, 5.74) is 1.93. The zero-order chi connectivity index (χ0) is 19.5. The molecule has 0 unspecified atom stereocenters. The Morgan fingerprint density at radius 2 is 1.74 bits per heavy atom. The summed E-state index contributed by atoms with van der Waals surface area (Å²) in [4.78, 5) is 23.6. The van der Waals surface area contributed by atoms with E-state index in [2.05, 4.69) is 19.2 Å². The molecule has 0 aromatic heterocycles.